The van der Waals surface area contributed by atoms with Crippen molar-refractivity contribution >= 4 is 51.6 Å². The Labute approximate surface area is 144 Å². The molecule has 2 aromatic rings. The Morgan fingerprint density at radius 3 is 2.91 bits per heavy atom. The number of nitrogens with zero attached hydrogens (tertiary/aromatic N) is 2. The molecule has 0 unspecified atom stereocenters. The Morgan fingerprint density at radius 2 is 2.23 bits per heavy atom. The average molecular weight is 359 g/mol. The molecular weight excluding hydrogens is 340 g/mol. The lowest BCUT2D eigenvalue weighted by atomic mass is 10.0. The molecule has 1 saturated heterocycles. The van der Waals surface area contributed by atoms with E-state index in [1.54, 1.807) is 17.7 Å². The van der Waals surface area contributed by atoms with Crippen LogP contribution in [-0.4, -0.2) is 41.3 Å². The Hall–Kier alpha value is -0.890. The summed E-state index contributed by atoms with van der Waals surface area (Å²) >= 11 is 3.17. The van der Waals surface area contributed by atoms with Crippen molar-refractivity contribution in [2.45, 2.75) is 18.9 Å². The van der Waals surface area contributed by atoms with Crippen molar-refractivity contribution < 1.29 is 4.79 Å². The van der Waals surface area contributed by atoms with Gasteiger partial charge in [-0.05, 0) is 19.4 Å². The predicted molar refractivity (Wildman–Crippen MR) is 94.2 cm³/mol. The van der Waals surface area contributed by atoms with E-state index in [0.29, 0.717) is 11.7 Å². The number of aromatic nitrogens is 2. The van der Waals surface area contributed by atoms with E-state index >= 15 is 0 Å². The number of hydrogen-bond acceptors (Lipinski definition) is 6. The average Bonchev–Trinajstić information content (AvgIpc) is 2.71. The van der Waals surface area contributed by atoms with Crippen LogP contribution in [0.4, 0.5) is 0 Å². The highest BCUT2D eigenvalue weighted by atomic mass is 35.5. The third-order valence-corrected chi connectivity index (χ3v) is 5.83. The van der Waals surface area contributed by atoms with Gasteiger partial charge in [0, 0.05) is 35.8 Å². The fraction of sp³-hybridized carbons (Fsp3) is 0.500. The monoisotopic (exact) mass is 358 g/mol. The Balaban J connectivity index is 0.00000176. The van der Waals surface area contributed by atoms with Gasteiger partial charge in [-0.2, -0.15) is 0 Å². The van der Waals surface area contributed by atoms with Crippen LogP contribution in [0.25, 0.3) is 10.2 Å². The second kappa shape index (κ2) is 7.59. The Bertz CT molecular complexity index is 672. The lowest BCUT2D eigenvalue weighted by Gasteiger charge is -2.27. The first-order valence-electron chi connectivity index (χ1n) is 6.96. The number of carbonyl (C=O) groups is 1. The quantitative estimate of drug-likeness (QED) is 0.633. The highest BCUT2D eigenvalue weighted by Crippen LogP contribution is 2.34. The van der Waals surface area contributed by atoms with E-state index in [1.165, 1.54) is 22.2 Å². The summed E-state index contributed by atoms with van der Waals surface area (Å²) in [6, 6.07) is 0. The zero-order valence-electron chi connectivity index (χ0n) is 12.5. The van der Waals surface area contributed by atoms with Crippen molar-refractivity contribution in [2.75, 3.05) is 25.4 Å². The van der Waals surface area contributed by atoms with E-state index in [9.17, 15) is 4.79 Å². The molecule has 120 valence electrons. The van der Waals surface area contributed by atoms with E-state index in [-0.39, 0.29) is 18.3 Å². The maximum absolute atomic E-state index is 11.9. The number of halogens is 1. The van der Waals surface area contributed by atoms with Crippen LogP contribution >= 0.6 is 35.5 Å². The number of aryl methyl sites for hydroxylation is 2. The minimum absolute atomic E-state index is 0. The summed E-state index contributed by atoms with van der Waals surface area (Å²) in [5.74, 6) is 1.07. The highest BCUT2D eigenvalue weighted by molar-refractivity contribution is 8.00. The summed E-state index contributed by atoms with van der Waals surface area (Å²) in [6.07, 6.45) is 1.58. The number of nitrogens with one attached hydrogen (secondary N) is 2. The Kier molecular flexibility index (Phi) is 6.02. The number of thiophene rings is 1. The predicted octanol–water partition coefficient (Wildman–Crippen LogP) is 2.16. The van der Waals surface area contributed by atoms with Crippen LogP contribution < -0.4 is 10.6 Å². The summed E-state index contributed by atoms with van der Waals surface area (Å²) in [7, 11) is 0. The fourth-order valence-electron chi connectivity index (χ4n) is 2.20. The first-order chi connectivity index (χ1) is 10.1. The lowest BCUT2D eigenvalue weighted by molar-refractivity contribution is -0.118. The molecule has 3 rings (SSSR count). The summed E-state index contributed by atoms with van der Waals surface area (Å²) in [5, 5.41) is 8.18. The molecule has 5 nitrogen and oxygen atoms in total. The maximum atomic E-state index is 11.9. The summed E-state index contributed by atoms with van der Waals surface area (Å²) in [6.45, 7) is 6.96. The fourth-order valence-corrected chi connectivity index (χ4v) is 4.14. The van der Waals surface area contributed by atoms with Crippen molar-refractivity contribution in [3.8, 4) is 0 Å². The minimum Gasteiger partial charge on any atom is -0.355 e. The third kappa shape index (κ3) is 3.71. The lowest BCUT2D eigenvalue weighted by Crippen LogP contribution is -2.48. The van der Waals surface area contributed by atoms with Crippen LogP contribution in [0.2, 0.25) is 0 Å². The van der Waals surface area contributed by atoms with Crippen LogP contribution in [0, 0.1) is 19.8 Å². The summed E-state index contributed by atoms with van der Waals surface area (Å²) in [4.78, 5) is 22.8. The van der Waals surface area contributed by atoms with Crippen molar-refractivity contribution in [3.05, 3.63) is 16.8 Å². The van der Waals surface area contributed by atoms with Gasteiger partial charge in [-0.3, -0.25) is 4.79 Å². The van der Waals surface area contributed by atoms with Gasteiger partial charge in [-0.15, -0.1) is 23.7 Å². The van der Waals surface area contributed by atoms with Gasteiger partial charge >= 0.3 is 0 Å². The molecule has 0 saturated carbocycles. The number of rotatable bonds is 5. The molecule has 0 bridgehead atoms. The SMILES string of the molecule is Cc1sc2ncnc(SCC(=O)NCC3CNC3)c2c1C.Cl. The minimum atomic E-state index is 0. The van der Waals surface area contributed by atoms with E-state index in [1.807, 2.05) is 0 Å². The zero-order chi connectivity index (χ0) is 14.8. The number of amides is 1. The van der Waals surface area contributed by atoms with E-state index in [4.69, 9.17) is 0 Å². The van der Waals surface area contributed by atoms with Gasteiger partial charge in [0.25, 0.3) is 0 Å². The van der Waals surface area contributed by atoms with Gasteiger partial charge in [0.1, 0.15) is 16.2 Å². The summed E-state index contributed by atoms with van der Waals surface area (Å²) in [5.41, 5.74) is 1.22. The van der Waals surface area contributed by atoms with Crippen molar-refractivity contribution in [1.29, 1.82) is 0 Å². The molecule has 2 aromatic heterocycles. The van der Waals surface area contributed by atoms with Crippen LogP contribution in [0.5, 0.6) is 0 Å². The third-order valence-electron chi connectivity index (χ3n) is 3.72. The molecule has 0 spiro atoms. The van der Waals surface area contributed by atoms with Gasteiger partial charge in [-0.25, -0.2) is 9.97 Å². The zero-order valence-corrected chi connectivity index (χ0v) is 15.0. The van der Waals surface area contributed by atoms with Crippen molar-refractivity contribution in [3.63, 3.8) is 0 Å². The second-order valence-corrected chi connectivity index (χ2v) is 7.43. The molecule has 1 amide bonds. The maximum Gasteiger partial charge on any atom is 0.230 e. The smallest absolute Gasteiger partial charge is 0.230 e. The molecule has 8 heteroatoms. The molecule has 3 heterocycles. The van der Waals surface area contributed by atoms with E-state index < -0.39 is 0 Å². The van der Waals surface area contributed by atoms with Gasteiger partial charge in [-0.1, -0.05) is 11.8 Å². The van der Waals surface area contributed by atoms with Crippen molar-refractivity contribution in [2.24, 2.45) is 5.92 Å². The first kappa shape index (κ1) is 17.5. The second-order valence-electron chi connectivity index (χ2n) is 5.26. The van der Waals surface area contributed by atoms with Gasteiger partial charge in [0.2, 0.25) is 5.91 Å². The molecule has 2 N–H and O–H groups in total. The number of hydrogen-bond donors (Lipinski definition) is 2. The molecule has 0 aliphatic carbocycles. The summed E-state index contributed by atoms with van der Waals surface area (Å²) < 4.78 is 0. The molecule has 22 heavy (non-hydrogen) atoms. The topological polar surface area (TPSA) is 66.9 Å². The molecule has 0 aromatic carbocycles. The van der Waals surface area contributed by atoms with Crippen LogP contribution in [-0.2, 0) is 4.79 Å². The standard InChI is InChI=1S/C14H18N4OS2.ClH/c1-8-9(2)21-14-12(8)13(17-7-18-14)20-6-11(19)16-5-10-3-15-4-10;/h7,10,15H,3-6H2,1-2H3,(H,16,19);1H. The molecule has 0 radical (unpaired) electrons. The van der Waals surface area contributed by atoms with Crippen LogP contribution in [0.1, 0.15) is 10.4 Å². The molecule has 0 atom stereocenters. The number of thioether (sulfide) groups is 1. The highest BCUT2D eigenvalue weighted by Gasteiger charge is 2.18. The van der Waals surface area contributed by atoms with Gasteiger partial charge < -0.3 is 10.6 Å². The number of carbonyl (C=O) groups excluding carboxylic acids is 1. The van der Waals surface area contributed by atoms with Gasteiger partial charge in [0.05, 0.1) is 5.75 Å². The molecule has 1 fully saturated rings. The van der Waals surface area contributed by atoms with Crippen LogP contribution in [0.3, 0.4) is 0 Å². The number of fused-ring (bicyclic) bond motifs is 1. The first-order valence-corrected chi connectivity index (χ1v) is 8.76. The normalized spacial score (nSPS) is 14.5. The van der Waals surface area contributed by atoms with E-state index in [2.05, 4.69) is 34.4 Å². The largest absolute Gasteiger partial charge is 0.355 e. The van der Waals surface area contributed by atoms with Crippen molar-refractivity contribution in [1.82, 2.24) is 20.6 Å². The van der Waals surface area contributed by atoms with E-state index in [0.717, 1.165) is 34.9 Å². The van der Waals surface area contributed by atoms with Gasteiger partial charge in [0.15, 0.2) is 0 Å². The molecule has 1 aliphatic rings. The molecular formula is C14H19ClN4OS2. The van der Waals surface area contributed by atoms with Crippen LogP contribution in [0.15, 0.2) is 11.4 Å². The Morgan fingerprint density at radius 1 is 1.45 bits per heavy atom. The molecule has 1 aliphatic heterocycles.